The predicted octanol–water partition coefficient (Wildman–Crippen LogP) is 2.06. The number of nitrogens with zero attached hydrogens (tertiary/aromatic N) is 1. The van der Waals surface area contributed by atoms with Crippen molar-refractivity contribution in [1.82, 2.24) is 4.90 Å². The highest BCUT2D eigenvalue weighted by molar-refractivity contribution is 6.02. The molecule has 0 amide bonds. The second-order valence-corrected chi connectivity index (χ2v) is 5.25. The maximum Gasteiger partial charge on any atom is 0.343 e. The monoisotopic (exact) mass is 315 g/mol. The largest absolute Gasteiger partial charge is 0.507 e. The molecule has 0 unspecified atom stereocenters. The number of likely N-dealkylation sites (N-methyl/N-ethyl adjacent to an activating group) is 1. The number of hydrogen-bond acceptors (Lipinski definition) is 6. The van der Waals surface area contributed by atoms with Crippen molar-refractivity contribution in [3.63, 3.8) is 0 Å². The molecule has 0 saturated heterocycles. The van der Waals surface area contributed by atoms with E-state index in [1.54, 1.807) is 49.3 Å². The summed E-state index contributed by atoms with van der Waals surface area (Å²) in [5.74, 6) is -1.99. The molecule has 2 aromatic rings. The van der Waals surface area contributed by atoms with Crippen LogP contribution >= 0.6 is 0 Å². The van der Waals surface area contributed by atoms with Crippen LogP contribution in [0, 0.1) is 0 Å². The van der Waals surface area contributed by atoms with Crippen molar-refractivity contribution in [2.24, 2.45) is 0 Å². The second-order valence-electron chi connectivity index (χ2n) is 5.25. The first-order valence-corrected chi connectivity index (χ1v) is 6.89. The van der Waals surface area contributed by atoms with Crippen LogP contribution in [-0.4, -0.2) is 47.5 Å². The Morgan fingerprint density at radius 3 is 2.13 bits per heavy atom. The minimum atomic E-state index is -0.628. The molecule has 0 saturated carbocycles. The second kappa shape index (κ2) is 6.93. The van der Waals surface area contributed by atoms with Crippen molar-refractivity contribution in [3.05, 3.63) is 53.6 Å². The number of phenols is 2. The molecule has 0 radical (unpaired) electrons. The molecule has 0 heterocycles. The molecule has 0 aliphatic heterocycles. The zero-order valence-corrected chi connectivity index (χ0v) is 12.8. The summed E-state index contributed by atoms with van der Waals surface area (Å²) >= 11 is 0. The van der Waals surface area contributed by atoms with Gasteiger partial charge < -0.3 is 19.8 Å². The number of aromatic hydroxyl groups is 2. The van der Waals surface area contributed by atoms with Crippen LogP contribution in [0.25, 0.3) is 0 Å². The molecule has 0 aliphatic rings. The molecule has 0 aliphatic carbocycles. The van der Waals surface area contributed by atoms with Crippen LogP contribution in [0.5, 0.6) is 17.2 Å². The summed E-state index contributed by atoms with van der Waals surface area (Å²) in [6.07, 6.45) is 0. The van der Waals surface area contributed by atoms with E-state index in [2.05, 4.69) is 0 Å². The molecule has 0 fully saturated rings. The number of carbonyl (C=O) groups excluding carboxylic acids is 2. The van der Waals surface area contributed by atoms with E-state index in [-0.39, 0.29) is 17.9 Å². The fourth-order valence-corrected chi connectivity index (χ4v) is 2.04. The van der Waals surface area contributed by atoms with Gasteiger partial charge in [-0.15, -0.1) is 0 Å². The third-order valence-corrected chi connectivity index (χ3v) is 3.03. The van der Waals surface area contributed by atoms with Crippen molar-refractivity contribution in [3.8, 4) is 17.2 Å². The van der Waals surface area contributed by atoms with Crippen LogP contribution in [0.1, 0.15) is 20.7 Å². The van der Waals surface area contributed by atoms with Crippen LogP contribution in [0.3, 0.4) is 0 Å². The SMILES string of the molecule is CN(C)CC(=O)c1c(O)cc(OC(=O)c2ccccc2)cc1O. The van der Waals surface area contributed by atoms with Gasteiger partial charge in [-0.2, -0.15) is 0 Å². The van der Waals surface area contributed by atoms with E-state index < -0.39 is 23.3 Å². The van der Waals surface area contributed by atoms with Gasteiger partial charge in [-0.05, 0) is 26.2 Å². The van der Waals surface area contributed by atoms with Gasteiger partial charge in [0, 0.05) is 12.1 Å². The number of phenolic OH excluding ortho intramolecular Hbond substituents is 2. The first-order valence-electron chi connectivity index (χ1n) is 6.89. The molecule has 0 bridgehead atoms. The summed E-state index contributed by atoms with van der Waals surface area (Å²) in [6.45, 7) is 0.0320. The molecule has 2 N–H and O–H groups in total. The Morgan fingerprint density at radius 1 is 1.04 bits per heavy atom. The van der Waals surface area contributed by atoms with E-state index in [0.29, 0.717) is 5.56 Å². The number of carbonyl (C=O) groups is 2. The summed E-state index contributed by atoms with van der Waals surface area (Å²) in [4.78, 5) is 25.5. The predicted molar refractivity (Wildman–Crippen MR) is 84.1 cm³/mol. The van der Waals surface area contributed by atoms with E-state index in [1.165, 1.54) is 0 Å². The van der Waals surface area contributed by atoms with Gasteiger partial charge in [-0.3, -0.25) is 4.79 Å². The lowest BCUT2D eigenvalue weighted by Crippen LogP contribution is -2.21. The summed E-state index contributed by atoms with van der Waals surface area (Å²) in [6, 6.07) is 10.6. The minimum Gasteiger partial charge on any atom is -0.507 e. The van der Waals surface area contributed by atoms with Gasteiger partial charge in [0.1, 0.15) is 22.8 Å². The highest BCUT2D eigenvalue weighted by Gasteiger charge is 2.20. The van der Waals surface area contributed by atoms with E-state index in [9.17, 15) is 19.8 Å². The number of ether oxygens (including phenoxy) is 1. The van der Waals surface area contributed by atoms with Crippen LogP contribution < -0.4 is 4.74 Å². The standard InChI is InChI=1S/C17H17NO5/c1-18(2)10-15(21)16-13(19)8-12(9-14(16)20)23-17(22)11-6-4-3-5-7-11/h3-9,19-20H,10H2,1-2H3. The normalized spacial score (nSPS) is 10.6. The van der Waals surface area contributed by atoms with E-state index in [1.807, 2.05) is 0 Å². The Kier molecular flexibility index (Phi) is 4.98. The molecule has 0 spiro atoms. The van der Waals surface area contributed by atoms with Crippen molar-refractivity contribution < 1.29 is 24.5 Å². The van der Waals surface area contributed by atoms with E-state index in [4.69, 9.17) is 4.74 Å². The summed E-state index contributed by atoms with van der Waals surface area (Å²) in [5.41, 5.74) is 0.137. The zero-order valence-electron chi connectivity index (χ0n) is 12.8. The smallest absolute Gasteiger partial charge is 0.343 e. The number of esters is 1. The maximum atomic E-state index is 12.0. The Bertz CT molecular complexity index is 702. The summed E-state index contributed by atoms with van der Waals surface area (Å²) in [5, 5.41) is 19.9. The zero-order chi connectivity index (χ0) is 17.0. The molecular weight excluding hydrogens is 298 g/mol. The number of ketones is 1. The van der Waals surface area contributed by atoms with Crippen LogP contribution in [0.2, 0.25) is 0 Å². The quantitative estimate of drug-likeness (QED) is 0.499. The summed E-state index contributed by atoms with van der Waals surface area (Å²) < 4.78 is 5.10. The average Bonchev–Trinajstić information content (AvgIpc) is 2.46. The molecule has 6 heteroatoms. The topological polar surface area (TPSA) is 87.1 Å². The van der Waals surface area contributed by atoms with Gasteiger partial charge in [-0.25, -0.2) is 4.79 Å². The lowest BCUT2D eigenvalue weighted by atomic mass is 10.1. The highest BCUT2D eigenvalue weighted by atomic mass is 16.5. The first kappa shape index (κ1) is 16.5. The van der Waals surface area contributed by atoms with Crippen molar-refractivity contribution >= 4 is 11.8 Å². The molecule has 120 valence electrons. The van der Waals surface area contributed by atoms with Gasteiger partial charge in [0.05, 0.1) is 12.1 Å². The summed E-state index contributed by atoms with van der Waals surface area (Å²) in [7, 11) is 3.39. The molecule has 0 atom stereocenters. The fraction of sp³-hybridized carbons (Fsp3) is 0.176. The highest BCUT2D eigenvalue weighted by Crippen LogP contribution is 2.33. The minimum absolute atomic E-state index is 0.0320. The van der Waals surface area contributed by atoms with Crippen molar-refractivity contribution in [2.45, 2.75) is 0 Å². The van der Waals surface area contributed by atoms with Gasteiger partial charge in [0.25, 0.3) is 0 Å². The van der Waals surface area contributed by atoms with Gasteiger partial charge in [0.2, 0.25) is 0 Å². The Morgan fingerprint density at radius 2 is 1.61 bits per heavy atom. The molecule has 0 aromatic heterocycles. The van der Waals surface area contributed by atoms with Gasteiger partial charge in [-0.1, -0.05) is 18.2 Å². The Labute approximate surface area is 133 Å². The van der Waals surface area contributed by atoms with Crippen LogP contribution in [0.15, 0.2) is 42.5 Å². The number of Topliss-reactive ketones (excluding diaryl/α,β-unsaturated/α-hetero) is 1. The molecule has 6 nitrogen and oxygen atoms in total. The van der Waals surface area contributed by atoms with E-state index in [0.717, 1.165) is 12.1 Å². The van der Waals surface area contributed by atoms with Crippen LogP contribution in [0.4, 0.5) is 0 Å². The Balaban J connectivity index is 2.23. The average molecular weight is 315 g/mol. The molecule has 23 heavy (non-hydrogen) atoms. The number of hydrogen-bond donors (Lipinski definition) is 2. The van der Waals surface area contributed by atoms with Crippen molar-refractivity contribution in [2.75, 3.05) is 20.6 Å². The lowest BCUT2D eigenvalue weighted by molar-refractivity contribution is 0.0734. The molecule has 2 rings (SSSR count). The van der Waals surface area contributed by atoms with Crippen LogP contribution in [-0.2, 0) is 0 Å². The molecule has 2 aromatic carbocycles. The molecular formula is C17H17NO5. The van der Waals surface area contributed by atoms with Gasteiger partial charge >= 0.3 is 5.97 Å². The third kappa shape index (κ3) is 4.08. The Hall–Kier alpha value is -2.86. The first-order chi connectivity index (χ1) is 10.9. The van der Waals surface area contributed by atoms with Crippen molar-refractivity contribution in [1.29, 1.82) is 0 Å². The van der Waals surface area contributed by atoms with Gasteiger partial charge in [0.15, 0.2) is 5.78 Å². The lowest BCUT2D eigenvalue weighted by Gasteiger charge is -2.12. The fourth-order valence-electron chi connectivity index (χ4n) is 2.04. The third-order valence-electron chi connectivity index (χ3n) is 3.03. The maximum absolute atomic E-state index is 12.0. The van der Waals surface area contributed by atoms with E-state index >= 15 is 0 Å². The number of rotatable bonds is 5. The number of benzene rings is 2.